The van der Waals surface area contributed by atoms with Crippen molar-refractivity contribution < 1.29 is 14.3 Å². The first-order valence-electron chi connectivity index (χ1n) is 9.38. The molecule has 0 aliphatic heterocycles. The maximum Gasteiger partial charge on any atom is 0.336 e. The van der Waals surface area contributed by atoms with Gasteiger partial charge in [-0.3, -0.25) is 4.79 Å². The van der Waals surface area contributed by atoms with Gasteiger partial charge in [0.15, 0.2) is 5.82 Å². The van der Waals surface area contributed by atoms with E-state index in [4.69, 9.17) is 9.47 Å². The molecule has 0 aliphatic carbocycles. The summed E-state index contributed by atoms with van der Waals surface area (Å²) in [6, 6.07) is 8.07. The molecule has 1 unspecified atom stereocenters. The highest BCUT2D eigenvalue weighted by atomic mass is 16.5. The molecule has 2 aromatic rings. The number of rotatable bonds is 8. The fourth-order valence-corrected chi connectivity index (χ4v) is 3.14. The van der Waals surface area contributed by atoms with E-state index in [1.807, 2.05) is 31.2 Å². The summed E-state index contributed by atoms with van der Waals surface area (Å²) in [5, 5.41) is 4.31. The van der Waals surface area contributed by atoms with E-state index in [0.717, 1.165) is 17.5 Å². The van der Waals surface area contributed by atoms with Crippen molar-refractivity contribution in [1.82, 2.24) is 14.8 Å². The first-order chi connectivity index (χ1) is 12.7. The van der Waals surface area contributed by atoms with Gasteiger partial charge >= 0.3 is 6.01 Å². The van der Waals surface area contributed by atoms with Crippen LogP contribution in [0.3, 0.4) is 0 Å². The van der Waals surface area contributed by atoms with Crippen molar-refractivity contribution in [2.24, 2.45) is 11.3 Å². The monoisotopic (exact) mass is 373 g/mol. The third-order valence-corrected chi connectivity index (χ3v) is 4.14. The van der Waals surface area contributed by atoms with Crippen molar-refractivity contribution in [2.75, 3.05) is 20.3 Å². The van der Waals surface area contributed by atoms with Gasteiger partial charge in [-0.1, -0.05) is 57.5 Å². The summed E-state index contributed by atoms with van der Waals surface area (Å²) in [6.07, 6.45) is 1.38. The van der Waals surface area contributed by atoms with Crippen LogP contribution in [-0.2, 0) is 4.74 Å². The van der Waals surface area contributed by atoms with Gasteiger partial charge in [-0.15, -0.1) is 5.10 Å². The minimum Gasteiger partial charge on any atom is -0.460 e. The van der Waals surface area contributed by atoms with Gasteiger partial charge in [0.1, 0.15) is 6.61 Å². The molecule has 27 heavy (non-hydrogen) atoms. The lowest BCUT2D eigenvalue weighted by atomic mass is 9.84. The van der Waals surface area contributed by atoms with Crippen molar-refractivity contribution in [2.45, 2.75) is 47.5 Å². The molecule has 2 rings (SSSR count). The van der Waals surface area contributed by atoms with Crippen LogP contribution >= 0.6 is 0 Å². The fraction of sp³-hybridized carbons (Fsp3) is 0.571. The summed E-state index contributed by atoms with van der Waals surface area (Å²) in [7, 11) is 1.60. The maximum absolute atomic E-state index is 12.9. The summed E-state index contributed by atoms with van der Waals surface area (Å²) in [4.78, 5) is 17.4. The predicted octanol–water partition coefficient (Wildman–Crippen LogP) is 4.38. The predicted molar refractivity (Wildman–Crippen MR) is 106 cm³/mol. The van der Waals surface area contributed by atoms with Gasteiger partial charge in [-0.2, -0.15) is 9.67 Å². The van der Waals surface area contributed by atoms with Gasteiger partial charge in [0.25, 0.3) is 0 Å². The van der Waals surface area contributed by atoms with Gasteiger partial charge < -0.3 is 9.47 Å². The van der Waals surface area contributed by atoms with Crippen LogP contribution in [-0.4, -0.2) is 41.0 Å². The number of carbonyl (C=O) groups excluding carboxylic acids is 1. The minimum atomic E-state index is -0.0728. The molecule has 0 bridgehead atoms. The molecule has 1 aromatic carbocycles. The summed E-state index contributed by atoms with van der Waals surface area (Å²) in [6.45, 7) is 11.4. The highest BCUT2D eigenvalue weighted by Gasteiger charge is 2.23. The third-order valence-electron chi connectivity index (χ3n) is 4.14. The van der Waals surface area contributed by atoms with Gasteiger partial charge in [0.05, 0.1) is 6.61 Å². The maximum atomic E-state index is 12.9. The molecule has 0 amide bonds. The van der Waals surface area contributed by atoms with E-state index in [9.17, 15) is 4.79 Å². The van der Waals surface area contributed by atoms with Crippen molar-refractivity contribution in [3.8, 4) is 17.4 Å². The lowest BCUT2D eigenvalue weighted by Crippen LogP contribution is -2.20. The number of benzene rings is 1. The number of hydrogen-bond donors (Lipinski definition) is 0. The van der Waals surface area contributed by atoms with Crippen molar-refractivity contribution in [3.63, 3.8) is 0 Å². The Morgan fingerprint density at radius 3 is 2.44 bits per heavy atom. The Labute approximate surface area is 161 Å². The molecule has 148 valence electrons. The molecule has 0 aliphatic rings. The van der Waals surface area contributed by atoms with E-state index in [-0.39, 0.29) is 23.3 Å². The molecule has 6 heteroatoms. The average Bonchev–Trinajstić information content (AvgIpc) is 2.98. The molecule has 6 nitrogen and oxygen atoms in total. The lowest BCUT2D eigenvalue weighted by Gasteiger charge is -2.22. The fourth-order valence-electron chi connectivity index (χ4n) is 3.14. The Kier molecular flexibility index (Phi) is 7.13. The van der Waals surface area contributed by atoms with Crippen LogP contribution in [0, 0.1) is 18.3 Å². The Morgan fingerprint density at radius 2 is 1.85 bits per heavy atom. The molecular formula is C21H31N3O3. The Bertz CT molecular complexity index is 745. The number of aromatic nitrogens is 3. The van der Waals surface area contributed by atoms with Crippen LogP contribution in [0.1, 0.15) is 50.9 Å². The van der Waals surface area contributed by atoms with E-state index < -0.39 is 0 Å². The first-order valence-corrected chi connectivity index (χ1v) is 9.38. The second-order valence-electron chi connectivity index (χ2n) is 8.30. The first kappa shape index (κ1) is 21.1. The standard InChI is InChI=1S/C21H31N3O3/c1-15-7-9-17(10-8-15)19-22-20(27-12-11-26-6)23-24(19)18(25)13-16(2)14-21(3,4)5/h7-10,16H,11-14H2,1-6H3. The molecule has 0 radical (unpaired) electrons. The van der Waals surface area contributed by atoms with Crippen LogP contribution < -0.4 is 4.74 Å². The number of hydrogen-bond acceptors (Lipinski definition) is 5. The second kappa shape index (κ2) is 9.13. The average molecular weight is 373 g/mol. The van der Waals surface area contributed by atoms with E-state index in [1.54, 1.807) is 7.11 Å². The molecule has 1 aromatic heterocycles. The van der Waals surface area contributed by atoms with Gasteiger partial charge in [-0.05, 0) is 24.7 Å². The summed E-state index contributed by atoms with van der Waals surface area (Å²) < 4.78 is 11.9. The van der Waals surface area contributed by atoms with E-state index in [2.05, 4.69) is 37.8 Å². The van der Waals surface area contributed by atoms with Crippen LogP contribution in [0.25, 0.3) is 11.4 Å². The Hall–Kier alpha value is -2.21. The quantitative estimate of drug-likeness (QED) is 0.642. The summed E-state index contributed by atoms with van der Waals surface area (Å²) >= 11 is 0. The van der Waals surface area contributed by atoms with E-state index >= 15 is 0 Å². The van der Waals surface area contributed by atoms with Crippen molar-refractivity contribution in [1.29, 1.82) is 0 Å². The van der Waals surface area contributed by atoms with E-state index in [0.29, 0.717) is 25.5 Å². The molecule has 0 fully saturated rings. The molecule has 0 spiro atoms. The molecular weight excluding hydrogens is 342 g/mol. The topological polar surface area (TPSA) is 66.2 Å². The van der Waals surface area contributed by atoms with Gasteiger partial charge in [0, 0.05) is 19.1 Å². The third kappa shape index (κ3) is 6.47. The smallest absolute Gasteiger partial charge is 0.336 e. The SMILES string of the molecule is COCCOc1nc(-c2ccc(C)cc2)n(C(=O)CC(C)CC(C)(C)C)n1. The largest absolute Gasteiger partial charge is 0.460 e. The highest BCUT2D eigenvalue weighted by Crippen LogP contribution is 2.27. The lowest BCUT2D eigenvalue weighted by molar-refractivity contribution is 0.0854. The molecule has 1 atom stereocenters. The zero-order valence-electron chi connectivity index (χ0n) is 17.3. The van der Waals surface area contributed by atoms with E-state index in [1.165, 1.54) is 4.68 Å². The summed E-state index contributed by atoms with van der Waals surface area (Å²) in [5.74, 6) is 0.692. The Morgan fingerprint density at radius 1 is 1.19 bits per heavy atom. The normalized spacial score (nSPS) is 12.8. The van der Waals surface area contributed by atoms with Crippen LogP contribution in [0.4, 0.5) is 0 Å². The number of nitrogens with zero attached hydrogens (tertiary/aromatic N) is 3. The number of carbonyl (C=O) groups is 1. The van der Waals surface area contributed by atoms with Gasteiger partial charge in [-0.25, -0.2) is 0 Å². The molecule has 0 saturated carbocycles. The zero-order chi connectivity index (χ0) is 20.0. The molecule has 0 N–H and O–H groups in total. The number of methoxy groups -OCH3 is 1. The van der Waals surface area contributed by atoms with Crippen LogP contribution in [0.5, 0.6) is 6.01 Å². The zero-order valence-corrected chi connectivity index (χ0v) is 17.3. The van der Waals surface area contributed by atoms with Gasteiger partial charge in [0.2, 0.25) is 5.91 Å². The summed E-state index contributed by atoms with van der Waals surface area (Å²) in [5.41, 5.74) is 2.16. The van der Waals surface area contributed by atoms with Crippen molar-refractivity contribution >= 4 is 5.91 Å². The minimum absolute atomic E-state index is 0.0728. The van der Waals surface area contributed by atoms with Crippen LogP contribution in [0.15, 0.2) is 24.3 Å². The molecule has 1 heterocycles. The molecule has 0 saturated heterocycles. The van der Waals surface area contributed by atoms with Crippen molar-refractivity contribution in [3.05, 3.63) is 29.8 Å². The van der Waals surface area contributed by atoms with Crippen LogP contribution in [0.2, 0.25) is 0 Å². The highest BCUT2D eigenvalue weighted by molar-refractivity contribution is 5.82. The number of ether oxygens (including phenoxy) is 2. The second-order valence-corrected chi connectivity index (χ2v) is 8.30. The number of aryl methyl sites for hydroxylation is 1. The Balaban J connectivity index is 2.26.